The highest BCUT2D eigenvalue weighted by molar-refractivity contribution is 6.52. The van der Waals surface area contributed by atoms with Crippen LogP contribution in [-0.4, -0.2) is 30.0 Å². The Hall–Kier alpha value is -3.38. The van der Waals surface area contributed by atoms with Crippen molar-refractivity contribution in [2.24, 2.45) is 0 Å². The van der Waals surface area contributed by atoms with Crippen LogP contribution in [0.3, 0.4) is 0 Å². The molecule has 0 N–H and O–H groups in total. The summed E-state index contributed by atoms with van der Waals surface area (Å²) in [6.45, 7) is 0.755. The van der Waals surface area contributed by atoms with Gasteiger partial charge in [-0.1, -0.05) is 35.9 Å². The fraction of sp³-hybridized carbons (Fsp3) is 0.0952. The number of benzene rings is 2. The van der Waals surface area contributed by atoms with Gasteiger partial charge in [0.1, 0.15) is 19.2 Å². The number of ether oxygens (including phenoxy) is 2. The van der Waals surface area contributed by atoms with Gasteiger partial charge >= 0.3 is 0 Å². The predicted molar refractivity (Wildman–Crippen MR) is 102 cm³/mol. The number of aromatic nitrogens is 1. The Kier molecular flexibility index (Phi) is 4.71. The first-order valence-electron chi connectivity index (χ1n) is 8.45. The number of fused-ring (bicyclic) bond motifs is 2. The molecule has 1 aliphatic heterocycles. The lowest BCUT2D eigenvalue weighted by Crippen LogP contribution is -2.32. The number of hydrogen-bond acceptors (Lipinski definition) is 6. The fourth-order valence-electron chi connectivity index (χ4n) is 2.96. The molecule has 28 heavy (non-hydrogen) atoms. The van der Waals surface area contributed by atoms with Gasteiger partial charge in [-0.05, 0) is 35.9 Å². The Morgan fingerprint density at radius 2 is 1.86 bits per heavy atom. The van der Waals surface area contributed by atoms with Gasteiger partial charge in [-0.15, -0.1) is 0 Å². The van der Waals surface area contributed by atoms with Crippen LogP contribution in [0, 0.1) is 0 Å². The molecular weight excluding hydrogens is 382 g/mol. The highest BCUT2D eigenvalue weighted by atomic mass is 35.5. The molecule has 1 aliphatic rings. The van der Waals surface area contributed by atoms with E-state index in [2.05, 4.69) is 4.98 Å². The summed E-state index contributed by atoms with van der Waals surface area (Å²) < 4.78 is 11.0. The van der Waals surface area contributed by atoms with Crippen molar-refractivity contribution < 1.29 is 24.2 Å². The minimum atomic E-state index is -1.81. The average Bonchev–Trinajstić information content (AvgIpc) is 2.71. The number of ketones is 1. The van der Waals surface area contributed by atoms with Crippen LogP contribution >= 0.6 is 11.6 Å². The zero-order chi connectivity index (χ0) is 19.7. The van der Waals surface area contributed by atoms with Crippen molar-refractivity contribution >= 4 is 45.9 Å². The zero-order valence-corrected chi connectivity index (χ0v) is 15.2. The molecule has 0 saturated carbocycles. The van der Waals surface area contributed by atoms with E-state index in [0.717, 1.165) is 5.39 Å². The van der Waals surface area contributed by atoms with E-state index in [4.69, 9.17) is 21.1 Å². The third kappa shape index (κ3) is 3.42. The van der Waals surface area contributed by atoms with E-state index in [1.807, 2.05) is 18.2 Å². The molecule has 0 fully saturated rings. The average molecular weight is 395 g/mol. The molecule has 4 rings (SSSR count). The van der Waals surface area contributed by atoms with Crippen molar-refractivity contribution in [2.45, 2.75) is 0 Å². The molecule has 0 atom stereocenters. The number of hydrogen-bond donors (Lipinski definition) is 0. The van der Waals surface area contributed by atoms with Crippen LogP contribution in [-0.2, 0) is 9.59 Å². The SMILES string of the molecule is O=C([O-])C(=O)/C(=C\c1cc(Cl)c2c(c1)OCCO2)c1ccc2ccccc2n1. The lowest BCUT2D eigenvalue weighted by Gasteiger charge is -2.20. The molecule has 0 saturated heterocycles. The first-order chi connectivity index (χ1) is 13.5. The number of aliphatic carboxylic acids is 1. The molecule has 2 heterocycles. The molecule has 2 aromatic carbocycles. The minimum Gasteiger partial charge on any atom is -0.541 e. The lowest BCUT2D eigenvalue weighted by molar-refractivity contribution is -0.299. The molecule has 3 aromatic rings. The molecular formula is C21H13ClNO5-. The van der Waals surface area contributed by atoms with Crippen molar-refractivity contribution in [3.63, 3.8) is 0 Å². The smallest absolute Gasteiger partial charge is 0.210 e. The van der Waals surface area contributed by atoms with Gasteiger partial charge in [-0.2, -0.15) is 0 Å². The molecule has 0 unspecified atom stereocenters. The van der Waals surface area contributed by atoms with Gasteiger partial charge in [0.25, 0.3) is 0 Å². The van der Waals surface area contributed by atoms with E-state index >= 15 is 0 Å². The quantitative estimate of drug-likeness (QED) is 0.499. The van der Waals surface area contributed by atoms with Crippen molar-refractivity contribution in [1.82, 2.24) is 4.98 Å². The predicted octanol–water partition coefficient (Wildman–Crippen LogP) is 2.52. The number of halogens is 1. The van der Waals surface area contributed by atoms with Crippen molar-refractivity contribution in [3.8, 4) is 11.5 Å². The molecule has 7 heteroatoms. The zero-order valence-electron chi connectivity index (χ0n) is 14.5. The Labute approximate surface area is 165 Å². The number of carboxylic acids is 1. The number of nitrogens with zero attached hydrogens (tertiary/aromatic N) is 1. The van der Waals surface area contributed by atoms with E-state index in [-0.39, 0.29) is 11.3 Å². The topological polar surface area (TPSA) is 88.5 Å². The van der Waals surface area contributed by atoms with E-state index in [9.17, 15) is 14.7 Å². The fourth-order valence-corrected chi connectivity index (χ4v) is 3.24. The van der Waals surface area contributed by atoms with Gasteiger partial charge < -0.3 is 19.4 Å². The molecule has 0 amide bonds. The molecule has 0 bridgehead atoms. The summed E-state index contributed by atoms with van der Waals surface area (Å²) in [5, 5.41) is 12.4. The Balaban J connectivity index is 1.85. The van der Waals surface area contributed by atoms with E-state index < -0.39 is 11.8 Å². The monoisotopic (exact) mass is 394 g/mol. The Morgan fingerprint density at radius 1 is 1.07 bits per heavy atom. The van der Waals surface area contributed by atoms with Crippen LogP contribution in [0.25, 0.3) is 22.6 Å². The van der Waals surface area contributed by atoms with Crippen LogP contribution in [0.5, 0.6) is 11.5 Å². The maximum absolute atomic E-state index is 12.3. The second-order valence-corrected chi connectivity index (χ2v) is 6.50. The van der Waals surface area contributed by atoms with Crippen LogP contribution in [0.2, 0.25) is 5.02 Å². The summed E-state index contributed by atoms with van der Waals surface area (Å²) in [5.74, 6) is -2.14. The lowest BCUT2D eigenvalue weighted by atomic mass is 10.0. The highest BCUT2D eigenvalue weighted by Crippen LogP contribution is 2.39. The van der Waals surface area contributed by atoms with Crippen LogP contribution < -0.4 is 14.6 Å². The number of para-hydroxylation sites is 1. The summed E-state index contributed by atoms with van der Waals surface area (Å²) in [4.78, 5) is 28.0. The van der Waals surface area contributed by atoms with Crippen LogP contribution in [0.1, 0.15) is 11.3 Å². The number of carbonyl (C=O) groups is 2. The molecule has 6 nitrogen and oxygen atoms in total. The molecule has 0 aliphatic carbocycles. The summed E-state index contributed by atoms with van der Waals surface area (Å²) >= 11 is 6.23. The van der Waals surface area contributed by atoms with E-state index in [0.29, 0.717) is 40.8 Å². The third-order valence-corrected chi connectivity index (χ3v) is 4.52. The summed E-state index contributed by atoms with van der Waals surface area (Å²) in [7, 11) is 0. The van der Waals surface area contributed by atoms with Gasteiger partial charge in [0, 0.05) is 5.39 Å². The number of Topliss-reactive ketones (excluding diaryl/α,β-unsaturated/α-hetero) is 1. The second kappa shape index (κ2) is 7.32. The molecule has 1 aromatic heterocycles. The molecule has 0 radical (unpaired) electrons. The van der Waals surface area contributed by atoms with Gasteiger partial charge in [0.15, 0.2) is 11.5 Å². The summed E-state index contributed by atoms with van der Waals surface area (Å²) in [6.07, 6.45) is 1.40. The second-order valence-electron chi connectivity index (χ2n) is 6.09. The highest BCUT2D eigenvalue weighted by Gasteiger charge is 2.19. The number of rotatable bonds is 4. The molecule has 140 valence electrons. The maximum Gasteiger partial charge on any atom is 0.210 e. The largest absolute Gasteiger partial charge is 0.541 e. The van der Waals surface area contributed by atoms with Gasteiger partial charge in [-0.3, -0.25) is 4.79 Å². The van der Waals surface area contributed by atoms with Gasteiger partial charge in [0.05, 0.1) is 21.8 Å². The Morgan fingerprint density at radius 3 is 2.68 bits per heavy atom. The third-order valence-electron chi connectivity index (χ3n) is 4.23. The van der Waals surface area contributed by atoms with Crippen LogP contribution in [0.4, 0.5) is 0 Å². The minimum absolute atomic E-state index is 0.113. The number of carbonyl (C=O) groups excluding carboxylic acids is 2. The van der Waals surface area contributed by atoms with Crippen molar-refractivity contribution in [1.29, 1.82) is 0 Å². The number of pyridine rings is 1. The summed E-state index contributed by atoms with van der Waals surface area (Å²) in [5.41, 5.74) is 1.23. The first kappa shape index (κ1) is 18.0. The molecule has 0 spiro atoms. The standard InChI is InChI=1S/C21H14ClNO5/c22-15-10-12(11-18-20(15)28-8-7-27-18)9-14(19(24)21(25)26)17-6-5-13-3-1-2-4-16(13)23-17/h1-6,9-11H,7-8H2,(H,25,26)/p-1/b14-9-. The van der Waals surface area contributed by atoms with E-state index in [1.54, 1.807) is 30.3 Å². The van der Waals surface area contributed by atoms with Crippen molar-refractivity contribution in [2.75, 3.05) is 13.2 Å². The maximum atomic E-state index is 12.3. The van der Waals surface area contributed by atoms with Gasteiger partial charge in [0.2, 0.25) is 5.78 Å². The van der Waals surface area contributed by atoms with Crippen LogP contribution in [0.15, 0.2) is 48.5 Å². The van der Waals surface area contributed by atoms with Gasteiger partial charge in [-0.25, -0.2) is 4.98 Å². The first-order valence-corrected chi connectivity index (χ1v) is 8.83. The summed E-state index contributed by atoms with van der Waals surface area (Å²) in [6, 6.07) is 13.9. The number of carboxylic acid groups (broad SMARTS) is 1. The van der Waals surface area contributed by atoms with E-state index in [1.165, 1.54) is 6.08 Å². The van der Waals surface area contributed by atoms with Crippen molar-refractivity contribution in [3.05, 3.63) is 64.8 Å². The Bertz CT molecular complexity index is 1140. The normalized spacial score (nSPS) is 13.4.